The van der Waals surface area contributed by atoms with Gasteiger partial charge in [-0.3, -0.25) is 0 Å². The van der Waals surface area contributed by atoms with E-state index >= 15 is 0 Å². The van der Waals surface area contributed by atoms with E-state index < -0.39 is 0 Å². The fourth-order valence-corrected chi connectivity index (χ4v) is 4.90. The summed E-state index contributed by atoms with van der Waals surface area (Å²) in [6.07, 6.45) is 0.901. The Morgan fingerprint density at radius 2 is 2.09 bits per heavy atom. The summed E-state index contributed by atoms with van der Waals surface area (Å²) in [5.74, 6) is 1.35. The summed E-state index contributed by atoms with van der Waals surface area (Å²) in [6, 6.07) is 10.7. The van der Waals surface area contributed by atoms with Crippen molar-refractivity contribution in [1.29, 1.82) is 0 Å². The minimum absolute atomic E-state index is 0.0189. The highest BCUT2D eigenvalue weighted by atomic mass is 79.9. The summed E-state index contributed by atoms with van der Waals surface area (Å²) in [5.41, 5.74) is 2.36. The molecule has 0 saturated heterocycles. The average molecular weight is 456 g/mol. The number of nitrogens with zero attached hydrogens (tertiary/aromatic N) is 2. The highest BCUT2D eigenvalue weighted by Gasteiger charge is 2.41. The molecule has 2 aromatic rings. The van der Waals surface area contributed by atoms with Gasteiger partial charge >= 0.3 is 0 Å². The summed E-state index contributed by atoms with van der Waals surface area (Å²) in [6.45, 7) is 4.36. The van der Waals surface area contributed by atoms with Crippen LogP contribution in [0.25, 0.3) is 0 Å². The third-order valence-corrected chi connectivity index (χ3v) is 6.38. The zero-order valence-corrected chi connectivity index (χ0v) is 16.8. The standard InChI is InChI=1S/C17H16Br2N2OS/c1-9(2)17-21-13(11-7-10(18)3-4-14(11)22-17)8-12(20-21)15-5-6-16(19)23-15/h3-7,9,13,17H,8H2,1-2H3. The van der Waals surface area contributed by atoms with E-state index in [9.17, 15) is 0 Å². The Kier molecular flexibility index (Phi) is 4.02. The van der Waals surface area contributed by atoms with Crippen molar-refractivity contribution in [3.63, 3.8) is 0 Å². The molecule has 0 radical (unpaired) electrons. The second-order valence-electron chi connectivity index (χ2n) is 6.18. The van der Waals surface area contributed by atoms with E-state index in [1.807, 2.05) is 6.07 Å². The molecule has 23 heavy (non-hydrogen) atoms. The molecule has 6 heteroatoms. The van der Waals surface area contributed by atoms with E-state index in [0.29, 0.717) is 5.92 Å². The van der Waals surface area contributed by atoms with Crippen LogP contribution >= 0.6 is 43.2 Å². The van der Waals surface area contributed by atoms with Gasteiger partial charge in [-0.25, -0.2) is 5.01 Å². The molecule has 0 aliphatic carbocycles. The number of benzene rings is 1. The molecule has 120 valence electrons. The fourth-order valence-electron chi connectivity index (χ4n) is 3.15. The molecule has 4 rings (SSSR count). The van der Waals surface area contributed by atoms with Gasteiger partial charge in [0, 0.05) is 22.4 Å². The molecule has 1 aromatic heterocycles. The zero-order valence-electron chi connectivity index (χ0n) is 12.8. The van der Waals surface area contributed by atoms with Crippen molar-refractivity contribution in [3.05, 3.63) is 49.0 Å². The molecule has 2 atom stereocenters. The largest absolute Gasteiger partial charge is 0.468 e. The molecule has 0 bridgehead atoms. The van der Waals surface area contributed by atoms with Crippen molar-refractivity contribution in [1.82, 2.24) is 5.01 Å². The normalized spacial score (nSPS) is 22.7. The van der Waals surface area contributed by atoms with Crippen molar-refractivity contribution in [2.45, 2.75) is 32.5 Å². The van der Waals surface area contributed by atoms with Crippen LogP contribution in [0.2, 0.25) is 0 Å². The van der Waals surface area contributed by atoms with Gasteiger partial charge in [-0.15, -0.1) is 11.3 Å². The number of halogens is 2. The minimum atomic E-state index is -0.0189. The van der Waals surface area contributed by atoms with Crippen LogP contribution < -0.4 is 4.74 Å². The zero-order chi connectivity index (χ0) is 16.1. The summed E-state index contributed by atoms with van der Waals surface area (Å²) in [7, 11) is 0. The van der Waals surface area contributed by atoms with Crippen molar-refractivity contribution in [3.8, 4) is 5.75 Å². The smallest absolute Gasteiger partial charge is 0.190 e. The number of hydrazone groups is 1. The molecule has 2 aliphatic rings. The van der Waals surface area contributed by atoms with E-state index in [4.69, 9.17) is 9.84 Å². The first kappa shape index (κ1) is 15.7. The first-order valence-corrected chi connectivity index (χ1v) is 10.0. The van der Waals surface area contributed by atoms with Crippen LogP contribution in [0.5, 0.6) is 5.75 Å². The molecule has 0 spiro atoms. The van der Waals surface area contributed by atoms with Crippen LogP contribution in [0.15, 0.2) is 43.7 Å². The maximum Gasteiger partial charge on any atom is 0.190 e. The van der Waals surface area contributed by atoms with Crippen LogP contribution in [0, 0.1) is 5.92 Å². The molecule has 0 fully saturated rings. The lowest BCUT2D eigenvalue weighted by Crippen LogP contribution is -2.43. The second kappa shape index (κ2) is 5.90. The summed E-state index contributed by atoms with van der Waals surface area (Å²) in [5, 5.41) is 7.08. The Labute approximate surface area is 156 Å². The maximum atomic E-state index is 6.24. The van der Waals surface area contributed by atoms with Crippen molar-refractivity contribution in [2.75, 3.05) is 0 Å². The first-order chi connectivity index (χ1) is 11.0. The Morgan fingerprint density at radius 3 is 2.78 bits per heavy atom. The molecule has 0 amide bonds. The van der Waals surface area contributed by atoms with Crippen LogP contribution in [0.1, 0.15) is 36.8 Å². The number of ether oxygens (including phenoxy) is 1. The highest BCUT2D eigenvalue weighted by molar-refractivity contribution is 9.11. The van der Waals surface area contributed by atoms with Gasteiger partial charge in [0.1, 0.15) is 5.75 Å². The molecule has 0 N–H and O–H groups in total. The van der Waals surface area contributed by atoms with Gasteiger partial charge in [0.25, 0.3) is 0 Å². The third-order valence-electron chi connectivity index (χ3n) is 4.21. The van der Waals surface area contributed by atoms with Crippen LogP contribution in [0.4, 0.5) is 0 Å². The Bertz CT molecular complexity index is 787. The summed E-state index contributed by atoms with van der Waals surface area (Å²) in [4.78, 5) is 1.23. The fraction of sp³-hybridized carbons (Fsp3) is 0.353. The maximum absolute atomic E-state index is 6.24. The van der Waals surface area contributed by atoms with Gasteiger partial charge < -0.3 is 4.74 Å². The summed E-state index contributed by atoms with van der Waals surface area (Å²) < 4.78 is 8.46. The van der Waals surface area contributed by atoms with Gasteiger partial charge in [-0.1, -0.05) is 29.8 Å². The van der Waals surface area contributed by atoms with Crippen molar-refractivity contribution < 1.29 is 4.74 Å². The highest BCUT2D eigenvalue weighted by Crippen LogP contribution is 2.45. The first-order valence-electron chi connectivity index (χ1n) is 7.60. The average Bonchev–Trinajstić information content (AvgIpc) is 3.12. The lowest BCUT2D eigenvalue weighted by molar-refractivity contribution is -0.0461. The Balaban J connectivity index is 1.76. The van der Waals surface area contributed by atoms with Gasteiger partial charge in [-0.05, 0) is 46.3 Å². The molecule has 3 nitrogen and oxygen atoms in total. The SMILES string of the molecule is CC(C)C1Oc2ccc(Br)cc2C2CC(c3ccc(Br)s3)=NN21. The quantitative estimate of drug-likeness (QED) is 0.571. The van der Waals surface area contributed by atoms with Crippen LogP contribution in [-0.4, -0.2) is 16.9 Å². The van der Waals surface area contributed by atoms with E-state index in [1.54, 1.807) is 11.3 Å². The van der Waals surface area contributed by atoms with Gasteiger partial charge in [0.15, 0.2) is 6.23 Å². The minimum Gasteiger partial charge on any atom is -0.468 e. The van der Waals surface area contributed by atoms with E-state index in [-0.39, 0.29) is 12.3 Å². The molecule has 3 heterocycles. The van der Waals surface area contributed by atoms with Crippen molar-refractivity contribution >= 4 is 48.9 Å². The third kappa shape index (κ3) is 2.75. The number of hydrogen-bond acceptors (Lipinski definition) is 4. The molecule has 2 aliphatic heterocycles. The van der Waals surface area contributed by atoms with Gasteiger partial charge in [-0.2, -0.15) is 5.10 Å². The molecular formula is C17H16Br2N2OS. The van der Waals surface area contributed by atoms with E-state index in [1.165, 1.54) is 10.4 Å². The summed E-state index contributed by atoms with van der Waals surface area (Å²) >= 11 is 8.86. The molecule has 2 unspecified atom stereocenters. The van der Waals surface area contributed by atoms with E-state index in [2.05, 4.69) is 75.0 Å². The number of rotatable bonds is 2. The predicted octanol–water partition coefficient (Wildman–Crippen LogP) is 5.80. The van der Waals surface area contributed by atoms with Crippen molar-refractivity contribution in [2.24, 2.45) is 11.0 Å². The monoisotopic (exact) mass is 454 g/mol. The lowest BCUT2D eigenvalue weighted by atomic mass is 9.97. The van der Waals surface area contributed by atoms with Crippen LogP contribution in [0.3, 0.4) is 0 Å². The second-order valence-corrected chi connectivity index (χ2v) is 9.56. The van der Waals surface area contributed by atoms with Gasteiger partial charge in [0.2, 0.25) is 0 Å². The lowest BCUT2D eigenvalue weighted by Gasteiger charge is -2.40. The molecule has 1 aromatic carbocycles. The number of hydrogen-bond donors (Lipinski definition) is 0. The van der Waals surface area contributed by atoms with E-state index in [0.717, 1.165) is 26.1 Å². The number of fused-ring (bicyclic) bond motifs is 3. The Hall–Kier alpha value is -0.850. The number of thiophene rings is 1. The topological polar surface area (TPSA) is 24.8 Å². The Morgan fingerprint density at radius 1 is 1.26 bits per heavy atom. The predicted molar refractivity (Wildman–Crippen MR) is 101 cm³/mol. The molecular weight excluding hydrogens is 440 g/mol. The molecule has 0 saturated carbocycles. The van der Waals surface area contributed by atoms with Crippen LogP contribution in [-0.2, 0) is 0 Å². The van der Waals surface area contributed by atoms with Gasteiger partial charge in [0.05, 0.1) is 20.4 Å².